The molecule has 156 valence electrons. The number of piperazine rings is 1. The van der Waals surface area contributed by atoms with Crippen molar-refractivity contribution in [3.63, 3.8) is 0 Å². The third-order valence-corrected chi connectivity index (χ3v) is 6.38. The molecule has 0 aliphatic carbocycles. The maximum Gasteiger partial charge on any atom is 0.228 e. The van der Waals surface area contributed by atoms with Gasteiger partial charge in [-0.15, -0.1) is 11.3 Å². The number of benzene rings is 2. The number of hydrogen-bond donors (Lipinski definition) is 1. The van der Waals surface area contributed by atoms with Crippen molar-refractivity contribution in [3.05, 3.63) is 69.1 Å². The first-order chi connectivity index (χ1) is 14.5. The van der Waals surface area contributed by atoms with Gasteiger partial charge in [-0.2, -0.15) is 0 Å². The van der Waals surface area contributed by atoms with Crippen LogP contribution in [-0.2, 0) is 11.2 Å². The second kappa shape index (κ2) is 9.25. The first kappa shape index (κ1) is 21.0. The molecule has 5 nitrogen and oxygen atoms in total. The predicted molar refractivity (Wildman–Crippen MR) is 126 cm³/mol. The van der Waals surface area contributed by atoms with E-state index in [1.165, 1.54) is 16.9 Å². The summed E-state index contributed by atoms with van der Waals surface area (Å²) in [7, 11) is 0. The number of nitrogens with one attached hydrogen (secondary N) is 1. The van der Waals surface area contributed by atoms with E-state index in [-0.39, 0.29) is 5.91 Å². The van der Waals surface area contributed by atoms with Crippen LogP contribution in [0.15, 0.2) is 47.8 Å². The molecule has 1 aliphatic heterocycles. The van der Waals surface area contributed by atoms with Crippen molar-refractivity contribution in [3.8, 4) is 0 Å². The average molecular weight is 461 g/mol. The fourth-order valence-electron chi connectivity index (χ4n) is 3.52. The number of thiazole rings is 1. The summed E-state index contributed by atoms with van der Waals surface area (Å²) in [6, 6.07) is 13.4. The van der Waals surface area contributed by atoms with Crippen molar-refractivity contribution in [1.29, 1.82) is 0 Å². The highest BCUT2D eigenvalue weighted by Crippen LogP contribution is 2.26. The van der Waals surface area contributed by atoms with Crippen molar-refractivity contribution in [2.24, 2.45) is 0 Å². The molecule has 0 radical (unpaired) electrons. The molecular formula is C22H22Cl2N4OS. The van der Waals surface area contributed by atoms with E-state index in [1.807, 2.05) is 52.7 Å². The van der Waals surface area contributed by atoms with Gasteiger partial charge in [0.2, 0.25) is 5.91 Å². The number of hydrogen-bond acceptors (Lipinski definition) is 5. The molecule has 1 amide bonds. The molecule has 3 aromatic rings. The molecule has 2 aromatic carbocycles. The molecule has 1 saturated heterocycles. The number of nitrogens with zero attached hydrogens (tertiary/aromatic N) is 3. The van der Waals surface area contributed by atoms with Crippen LogP contribution in [0.1, 0.15) is 11.3 Å². The first-order valence-corrected chi connectivity index (χ1v) is 11.4. The molecule has 1 fully saturated rings. The van der Waals surface area contributed by atoms with Crippen LogP contribution in [0.25, 0.3) is 0 Å². The standard InChI is InChI=1S/C22H22Cl2N4OS/c1-15-5-6-17(24)12-20(15)27-7-9-28(10-8-27)21(29)13-19-14-30-22(26-19)25-18-4-2-3-16(23)11-18/h2-6,11-12,14H,7-10,13H2,1H3,(H,25,26). The van der Waals surface area contributed by atoms with Gasteiger partial charge in [0.05, 0.1) is 12.1 Å². The van der Waals surface area contributed by atoms with Crippen LogP contribution >= 0.6 is 34.5 Å². The number of halogens is 2. The van der Waals surface area contributed by atoms with E-state index in [0.717, 1.165) is 40.3 Å². The Morgan fingerprint density at radius 2 is 1.87 bits per heavy atom. The number of aromatic nitrogens is 1. The van der Waals surface area contributed by atoms with Gasteiger partial charge in [-0.1, -0.05) is 35.3 Å². The predicted octanol–water partition coefficient (Wildman–Crippen LogP) is 5.39. The van der Waals surface area contributed by atoms with Crippen molar-refractivity contribution >= 4 is 57.0 Å². The molecule has 0 saturated carbocycles. The van der Waals surface area contributed by atoms with Gasteiger partial charge in [0.1, 0.15) is 0 Å². The van der Waals surface area contributed by atoms with Crippen molar-refractivity contribution in [2.45, 2.75) is 13.3 Å². The lowest BCUT2D eigenvalue weighted by Crippen LogP contribution is -2.49. The summed E-state index contributed by atoms with van der Waals surface area (Å²) in [6.07, 6.45) is 0.309. The third kappa shape index (κ3) is 5.06. The van der Waals surface area contributed by atoms with Gasteiger partial charge in [0.25, 0.3) is 0 Å². The summed E-state index contributed by atoms with van der Waals surface area (Å²) in [5, 5.41) is 7.31. The van der Waals surface area contributed by atoms with Crippen LogP contribution in [0.5, 0.6) is 0 Å². The Balaban J connectivity index is 1.32. The van der Waals surface area contributed by atoms with Gasteiger partial charge in [-0.3, -0.25) is 4.79 Å². The Bertz CT molecular complexity index is 1050. The highest BCUT2D eigenvalue weighted by molar-refractivity contribution is 7.13. The van der Waals surface area contributed by atoms with Crippen LogP contribution < -0.4 is 10.2 Å². The van der Waals surface area contributed by atoms with Gasteiger partial charge in [0.15, 0.2) is 5.13 Å². The second-order valence-electron chi connectivity index (χ2n) is 7.25. The maximum absolute atomic E-state index is 12.8. The van der Waals surface area contributed by atoms with E-state index >= 15 is 0 Å². The van der Waals surface area contributed by atoms with E-state index in [2.05, 4.69) is 22.1 Å². The van der Waals surface area contributed by atoms with Crippen LogP contribution in [-0.4, -0.2) is 42.0 Å². The lowest BCUT2D eigenvalue weighted by Gasteiger charge is -2.36. The fraction of sp³-hybridized carbons (Fsp3) is 0.273. The zero-order chi connectivity index (χ0) is 21.1. The molecule has 2 heterocycles. The Kier molecular flexibility index (Phi) is 6.46. The van der Waals surface area contributed by atoms with Gasteiger partial charge < -0.3 is 15.1 Å². The monoisotopic (exact) mass is 460 g/mol. The summed E-state index contributed by atoms with van der Waals surface area (Å²) in [5.41, 5.74) is 4.00. The molecule has 0 unspecified atom stereocenters. The molecule has 1 aromatic heterocycles. The minimum Gasteiger partial charge on any atom is -0.368 e. The van der Waals surface area contributed by atoms with Crippen molar-refractivity contribution in [1.82, 2.24) is 9.88 Å². The Morgan fingerprint density at radius 1 is 1.10 bits per heavy atom. The van der Waals surface area contributed by atoms with Crippen LogP contribution in [0, 0.1) is 6.92 Å². The van der Waals surface area contributed by atoms with E-state index in [9.17, 15) is 4.79 Å². The van der Waals surface area contributed by atoms with Crippen molar-refractivity contribution < 1.29 is 4.79 Å². The van der Waals surface area contributed by atoms with Crippen molar-refractivity contribution in [2.75, 3.05) is 36.4 Å². The Morgan fingerprint density at radius 3 is 2.63 bits per heavy atom. The Labute approximate surface area is 190 Å². The SMILES string of the molecule is Cc1ccc(Cl)cc1N1CCN(C(=O)Cc2csc(Nc3cccc(Cl)c3)n2)CC1. The third-order valence-electron chi connectivity index (χ3n) is 5.10. The van der Waals surface area contributed by atoms with Crippen LogP contribution in [0.2, 0.25) is 10.0 Å². The van der Waals surface area contributed by atoms with Crippen LogP contribution in [0.3, 0.4) is 0 Å². The minimum atomic E-state index is 0.108. The van der Waals surface area contributed by atoms with E-state index in [1.54, 1.807) is 0 Å². The second-order valence-corrected chi connectivity index (χ2v) is 8.99. The lowest BCUT2D eigenvalue weighted by atomic mass is 10.1. The van der Waals surface area contributed by atoms with E-state index in [4.69, 9.17) is 23.2 Å². The summed E-state index contributed by atoms with van der Waals surface area (Å²) in [4.78, 5) is 21.5. The molecule has 0 bridgehead atoms. The number of anilines is 3. The zero-order valence-corrected chi connectivity index (χ0v) is 18.9. The number of carbonyl (C=O) groups is 1. The quantitative estimate of drug-likeness (QED) is 0.553. The first-order valence-electron chi connectivity index (χ1n) is 9.74. The highest BCUT2D eigenvalue weighted by Gasteiger charge is 2.23. The largest absolute Gasteiger partial charge is 0.368 e. The molecule has 1 aliphatic rings. The summed E-state index contributed by atoms with van der Waals surface area (Å²) in [5.74, 6) is 0.108. The summed E-state index contributed by atoms with van der Waals surface area (Å²) in [6.45, 7) is 5.07. The lowest BCUT2D eigenvalue weighted by molar-refractivity contribution is -0.130. The van der Waals surface area contributed by atoms with E-state index in [0.29, 0.717) is 24.5 Å². The summed E-state index contributed by atoms with van der Waals surface area (Å²) >= 11 is 13.7. The number of aryl methyl sites for hydroxylation is 1. The number of carbonyl (C=O) groups excluding carboxylic acids is 1. The van der Waals surface area contributed by atoms with Gasteiger partial charge >= 0.3 is 0 Å². The maximum atomic E-state index is 12.8. The zero-order valence-electron chi connectivity index (χ0n) is 16.6. The summed E-state index contributed by atoms with van der Waals surface area (Å²) < 4.78 is 0. The molecule has 0 spiro atoms. The number of amides is 1. The average Bonchev–Trinajstić information content (AvgIpc) is 3.16. The molecule has 8 heteroatoms. The van der Waals surface area contributed by atoms with E-state index < -0.39 is 0 Å². The fourth-order valence-corrected chi connectivity index (χ4v) is 4.61. The molecular weight excluding hydrogens is 439 g/mol. The molecule has 0 atom stereocenters. The molecule has 30 heavy (non-hydrogen) atoms. The van der Waals surface area contributed by atoms with Gasteiger partial charge in [-0.05, 0) is 42.8 Å². The Hall–Kier alpha value is -2.28. The topological polar surface area (TPSA) is 48.5 Å². The van der Waals surface area contributed by atoms with Gasteiger partial charge in [0, 0.05) is 53.0 Å². The molecule has 4 rings (SSSR count). The highest BCUT2D eigenvalue weighted by atomic mass is 35.5. The smallest absolute Gasteiger partial charge is 0.228 e. The molecule has 1 N–H and O–H groups in total. The number of rotatable bonds is 5. The minimum absolute atomic E-state index is 0.108. The van der Waals surface area contributed by atoms with Crippen LogP contribution in [0.4, 0.5) is 16.5 Å². The van der Waals surface area contributed by atoms with Gasteiger partial charge in [-0.25, -0.2) is 4.98 Å². The normalized spacial score (nSPS) is 14.1.